The van der Waals surface area contributed by atoms with E-state index < -0.39 is 0 Å². The maximum absolute atomic E-state index is 13.0. The summed E-state index contributed by atoms with van der Waals surface area (Å²) in [6.45, 7) is 2.54. The second-order valence-electron chi connectivity index (χ2n) is 7.98. The Labute approximate surface area is 190 Å². The van der Waals surface area contributed by atoms with Gasteiger partial charge in [-0.1, -0.05) is 67.6 Å². The maximum atomic E-state index is 13.0. The second-order valence-corrected chi connectivity index (χ2v) is 7.98. The van der Waals surface area contributed by atoms with Crippen LogP contribution in [0.3, 0.4) is 0 Å². The van der Waals surface area contributed by atoms with E-state index in [2.05, 4.69) is 10.6 Å². The van der Waals surface area contributed by atoms with Crippen molar-refractivity contribution in [2.45, 2.75) is 25.7 Å². The molecule has 0 aliphatic carbocycles. The summed E-state index contributed by atoms with van der Waals surface area (Å²) in [5.41, 5.74) is 4.11. The molecule has 0 fully saturated rings. The molecule has 3 aromatic rings. The Kier molecular flexibility index (Phi) is 8.03. The van der Waals surface area contributed by atoms with Gasteiger partial charge in [-0.15, -0.1) is 0 Å². The van der Waals surface area contributed by atoms with Crippen molar-refractivity contribution < 1.29 is 9.59 Å². The molecule has 1 atom stereocenters. The Morgan fingerprint density at radius 3 is 2.19 bits per heavy atom. The number of hydrogen-bond acceptors (Lipinski definition) is 3. The fourth-order valence-electron chi connectivity index (χ4n) is 3.73. The first-order chi connectivity index (χ1) is 15.5. The second kappa shape index (κ2) is 11.1. The summed E-state index contributed by atoms with van der Waals surface area (Å²) in [7, 11) is 3.80. The summed E-state index contributed by atoms with van der Waals surface area (Å²) in [5, 5.41) is 6.00. The van der Waals surface area contributed by atoms with E-state index in [0.717, 1.165) is 17.7 Å². The fourth-order valence-corrected chi connectivity index (χ4v) is 3.73. The van der Waals surface area contributed by atoms with Gasteiger partial charge in [0.1, 0.15) is 0 Å². The van der Waals surface area contributed by atoms with Crippen LogP contribution in [0, 0.1) is 0 Å². The Morgan fingerprint density at radius 1 is 0.906 bits per heavy atom. The Bertz CT molecular complexity index is 1030. The smallest absolute Gasteiger partial charge is 0.253 e. The summed E-state index contributed by atoms with van der Waals surface area (Å²) in [6, 6.07) is 25.3. The van der Waals surface area contributed by atoms with Gasteiger partial charge in [0.25, 0.3) is 5.91 Å². The van der Waals surface area contributed by atoms with E-state index in [1.54, 1.807) is 6.07 Å². The molecule has 0 radical (unpaired) electrons. The molecule has 0 bridgehead atoms. The van der Waals surface area contributed by atoms with Gasteiger partial charge in [0.2, 0.25) is 5.91 Å². The van der Waals surface area contributed by atoms with E-state index >= 15 is 0 Å². The standard InChI is InChI=1S/C27H31N3O2/c1-4-23(21-13-9-6-10-14-21)27(32)29-22-15-16-25(30(2)3)24(19-22)26(31)28-18-17-20-11-7-5-8-12-20/h5-16,19,23H,4,17-18H2,1-3H3,(H,28,31)(H,29,32)/t23-/m0/s1. The third kappa shape index (κ3) is 5.97. The molecule has 2 N–H and O–H groups in total. The van der Waals surface area contributed by atoms with E-state index in [-0.39, 0.29) is 17.7 Å². The van der Waals surface area contributed by atoms with Gasteiger partial charge in [0.15, 0.2) is 0 Å². The number of amides is 2. The first-order valence-corrected chi connectivity index (χ1v) is 11.0. The molecule has 0 aliphatic rings. The van der Waals surface area contributed by atoms with Crippen molar-refractivity contribution in [1.82, 2.24) is 5.32 Å². The quantitative estimate of drug-likeness (QED) is 0.511. The van der Waals surface area contributed by atoms with Gasteiger partial charge in [-0.2, -0.15) is 0 Å². The number of anilines is 2. The van der Waals surface area contributed by atoms with Crippen LogP contribution in [0.25, 0.3) is 0 Å². The molecule has 0 heterocycles. The maximum Gasteiger partial charge on any atom is 0.253 e. The van der Waals surface area contributed by atoms with Crippen LogP contribution in [0.15, 0.2) is 78.9 Å². The van der Waals surface area contributed by atoms with Crippen molar-refractivity contribution in [2.75, 3.05) is 30.9 Å². The zero-order valence-electron chi connectivity index (χ0n) is 19.0. The number of nitrogens with one attached hydrogen (secondary N) is 2. The lowest BCUT2D eigenvalue weighted by Gasteiger charge is -2.20. The highest BCUT2D eigenvalue weighted by Crippen LogP contribution is 2.26. The number of carbonyl (C=O) groups is 2. The zero-order chi connectivity index (χ0) is 22.9. The van der Waals surface area contributed by atoms with Crippen LogP contribution in [0.1, 0.15) is 40.7 Å². The summed E-state index contributed by atoms with van der Waals surface area (Å²) < 4.78 is 0. The largest absolute Gasteiger partial charge is 0.377 e. The predicted octanol–water partition coefficient (Wildman–Crippen LogP) is 4.86. The average Bonchev–Trinajstić information content (AvgIpc) is 2.80. The molecule has 0 aromatic heterocycles. The minimum atomic E-state index is -0.243. The third-order valence-electron chi connectivity index (χ3n) is 5.46. The summed E-state index contributed by atoms with van der Waals surface area (Å²) in [6.07, 6.45) is 1.45. The van der Waals surface area contributed by atoms with Crippen molar-refractivity contribution >= 4 is 23.2 Å². The Balaban J connectivity index is 1.73. The monoisotopic (exact) mass is 429 g/mol. The minimum Gasteiger partial charge on any atom is -0.377 e. The van der Waals surface area contributed by atoms with E-state index in [0.29, 0.717) is 24.2 Å². The molecule has 0 saturated carbocycles. The van der Waals surface area contributed by atoms with Gasteiger partial charge in [0.05, 0.1) is 11.5 Å². The summed E-state index contributed by atoms with van der Waals surface area (Å²) in [5.74, 6) is -0.476. The number of carbonyl (C=O) groups excluding carboxylic acids is 2. The topological polar surface area (TPSA) is 61.4 Å². The molecule has 3 rings (SSSR count). The highest BCUT2D eigenvalue weighted by atomic mass is 16.2. The van der Waals surface area contributed by atoms with Gasteiger partial charge >= 0.3 is 0 Å². The lowest BCUT2D eigenvalue weighted by atomic mass is 9.95. The van der Waals surface area contributed by atoms with Crippen LogP contribution in [0.4, 0.5) is 11.4 Å². The Morgan fingerprint density at radius 2 is 1.56 bits per heavy atom. The van der Waals surface area contributed by atoms with Gasteiger partial charge in [-0.05, 0) is 42.2 Å². The number of rotatable bonds is 9. The summed E-state index contributed by atoms with van der Waals surface area (Å²) >= 11 is 0. The predicted molar refractivity (Wildman–Crippen MR) is 131 cm³/mol. The number of hydrogen-bond donors (Lipinski definition) is 2. The molecule has 0 unspecified atom stereocenters. The number of nitrogens with zero attached hydrogens (tertiary/aromatic N) is 1. The van der Waals surface area contributed by atoms with Crippen molar-refractivity contribution in [1.29, 1.82) is 0 Å². The lowest BCUT2D eigenvalue weighted by molar-refractivity contribution is -0.117. The van der Waals surface area contributed by atoms with E-state index in [1.165, 1.54) is 5.56 Å². The van der Waals surface area contributed by atoms with Gasteiger partial charge in [0, 0.05) is 32.0 Å². The molecule has 5 heteroatoms. The zero-order valence-corrected chi connectivity index (χ0v) is 19.0. The first-order valence-electron chi connectivity index (χ1n) is 11.0. The molecule has 0 aliphatic heterocycles. The van der Waals surface area contributed by atoms with Crippen LogP contribution in [0.5, 0.6) is 0 Å². The molecule has 5 nitrogen and oxygen atoms in total. The number of benzene rings is 3. The van der Waals surface area contributed by atoms with Crippen molar-refractivity contribution in [3.63, 3.8) is 0 Å². The molecular weight excluding hydrogens is 398 g/mol. The highest BCUT2D eigenvalue weighted by molar-refractivity contribution is 6.02. The van der Waals surface area contributed by atoms with Crippen LogP contribution in [-0.2, 0) is 11.2 Å². The van der Waals surface area contributed by atoms with E-state index in [1.807, 2.05) is 98.7 Å². The van der Waals surface area contributed by atoms with Gasteiger partial charge in [-0.25, -0.2) is 0 Å². The molecule has 32 heavy (non-hydrogen) atoms. The first kappa shape index (κ1) is 23.1. The lowest BCUT2D eigenvalue weighted by Crippen LogP contribution is -2.28. The van der Waals surface area contributed by atoms with Gasteiger partial charge < -0.3 is 15.5 Å². The molecular formula is C27H31N3O2. The van der Waals surface area contributed by atoms with Crippen molar-refractivity contribution in [2.24, 2.45) is 0 Å². The Hall–Kier alpha value is -3.60. The van der Waals surface area contributed by atoms with Crippen molar-refractivity contribution in [3.8, 4) is 0 Å². The van der Waals surface area contributed by atoms with Crippen molar-refractivity contribution in [3.05, 3.63) is 95.6 Å². The fraction of sp³-hybridized carbons (Fsp3) is 0.259. The van der Waals surface area contributed by atoms with Crippen LogP contribution in [0.2, 0.25) is 0 Å². The average molecular weight is 430 g/mol. The third-order valence-corrected chi connectivity index (χ3v) is 5.46. The molecule has 0 saturated heterocycles. The van der Waals surface area contributed by atoms with Gasteiger partial charge in [-0.3, -0.25) is 9.59 Å². The molecule has 0 spiro atoms. The van der Waals surface area contributed by atoms with Crippen LogP contribution >= 0.6 is 0 Å². The minimum absolute atomic E-state index is 0.0771. The normalized spacial score (nSPS) is 11.5. The molecule has 166 valence electrons. The summed E-state index contributed by atoms with van der Waals surface area (Å²) in [4.78, 5) is 27.8. The SMILES string of the molecule is CC[C@H](C(=O)Nc1ccc(N(C)C)c(C(=O)NCCc2ccccc2)c1)c1ccccc1. The molecule has 3 aromatic carbocycles. The van der Waals surface area contributed by atoms with Crippen LogP contribution < -0.4 is 15.5 Å². The van der Waals surface area contributed by atoms with E-state index in [4.69, 9.17) is 0 Å². The molecule has 2 amide bonds. The van der Waals surface area contributed by atoms with Crippen LogP contribution in [-0.4, -0.2) is 32.5 Å². The van der Waals surface area contributed by atoms with E-state index in [9.17, 15) is 9.59 Å². The highest BCUT2D eigenvalue weighted by Gasteiger charge is 2.20.